The third-order valence-electron chi connectivity index (χ3n) is 2.28. The van der Waals surface area contributed by atoms with Gasteiger partial charge in [0, 0.05) is 11.0 Å². The summed E-state index contributed by atoms with van der Waals surface area (Å²) in [6.45, 7) is 0.578. The molecule has 0 aliphatic heterocycles. The van der Waals surface area contributed by atoms with E-state index < -0.39 is 5.91 Å². The average molecular weight is 259 g/mol. The zero-order valence-electron chi connectivity index (χ0n) is 9.71. The summed E-state index contributed by atoms with van der Waals surface area (Å²) in [4.78, 5) is 11.8. The Kier molecular flexibility index (Phi) is 4.15. The lowest BCUT2D eigenvalue weighted by Crippen LogP contribution is -2.05. The van der Waals surface area contributed by atoms with Crippen LogP contribution in [0.15, 0.2) is 47.9 Å². The second-order valence-electron chi connectivity index (χ2n) is 3.67. The number of nitrogens with two attached hydrogens (primary N) is 1. The number of hydrogen-bond acceptors (Lipinski definition) is 3. The molecule has 1 aromatic heterocycles. The standard InChI is InChI=1S/C14H13NO2S/c15-14(16)8-5-11-3-6-12(7-4-11)17-10-13-2-1-9-18-13/h1-9H,10H2,(H2,15,16)/b8-5+. The highest BCUT2D eigenvalue weighted by Gasteiger charge is 1.96. The van der Waals surface area contributed by atoms with Gasteiger partial charge in [-0.05, 0) is 35.2 Å². The number of ether oxygens (including phenoxy) is 1. The highest BCUT2D eigenvalue weighted by Crippen LogP contribution is 2.16. The Hall–Kier alpha value is -2.07. The second-order valence-corrected chi connectivity index (χ2v) is 4.71. The van der Waals surface area contributed by atoms with Crippen molar-refractivity contribution in [3.63, 3.8) is 0 Å². The molecule has 0 atom stereocenters. The highest BCUT2D eigenvalue weighted by molar-refractivity contribution is 7.09. The molecule has 3 nitrogen and oxygen atoms in total. The lowest BCUT2D eigenvalue weighted by Gasteiger charge is -2.04. The van der Waals surface area contributed by atoms with Crippen LogP contribution in [0.25, 0.3) is 6.08 Å². The first-order valence-corrected chi connectivity index (χ1v) is 6.35. The van der Waals surface area contributed by atoms with E-state index in [1.54, 1.807) is 17.4 Å². The summed E-state index contributed by atoms with van der Waals surface area (Å²) in [6, 6.07) is 11.5. The van der Waals surface area contributed by atoms with Gasteiger partial charge in [0.05, 0.1) is 0 Å². The maximum atomic E-state index is 10.6. The lowest BCUT2D eigenvalue weighted by molar-refractivity contribution is -0.113. The van der Waals surface area contributed by atoms with Gasteiger partial charge in [0.2, 0.25) is 5.91 Å². The van der Waals surface area contributed by atoms with Gasteiger partial charge >= 0.3 is 0 Å². The van der Waals surface area contributed by atoms with E-state index in [2.05, 4.69) is 0 Å². The molecule has 4 heteroatoms. The summed E-state index contributed by atoms with van der Waals surface area (Å²) in [7, 11) is 0. The van der Waals surface area contributed by atoms with Crippen LogP contribution in [0.2, 0.25) is 0 Å². The normalized spacial score (nSPS) is 10.7. The molecule has 2 N–H and O–H groups in total. The van der Waals surface area contributed by atoms with Crippen LogP contribution in [0, 0.1) is 0 Å². The Labute approximate surface area is 110 Å². The van der Waals surface area contributed by atoms with E-state index in [1.165, 1.54) is 11.0 Å². The largest absolute Gasteiger partial charge is 0.488 e. The Morgan fingerprint density at radius 2 is 2.06 bits per heavy atom. The number of benzene rings is 1. The SMILES string of the molecule is NC(=O)/C=C/c1ccc(OCc2cccs2)cc1. The smallest absolute Gasteiger partial charge is 0.241 e. The molecule has 92 valence electrons. The van der Waals surface area contributed by atoms with Crippen LogP contribution in [0.1, 0.15) is 10.4 Å². The average Bonchev–Trinajstić information content (AvgIpc) is 2.88. The molecule has 0 radical (unpaired) electrons. The van der Waals surface area contributed by atoms with E-state index in [0.29, 0.717) is 6.61 Å². The molecule has 0 spiro atoms. The minimum absolute atomic E-state index is 0.451. The fraction of sp³-hybridized carbons (Fsp3) is 0.0714. The van der Waals surface area contributed by atoms with Gasteiger partial charge in [-0.15, -0.1) is 11.3 Å². The maximum Gasteiger partial charge on any atom is 0.241 e. The monoisotopic (exact) mass is 259 g/mol. The van der Waals surface area contributed by atoms with Gasteiger partial charge in [0.25, 0.3) is 0 Å². The number of carbonyl (C=O) groups excluding carboxylic acids is 1. The molecule has 2 rings (SSSR count). The summed E-state index contributed by atoms with van der Waals surface area (Å²) in [5.41, 5.74) is 5.94. The topological polar surface area (TPSA) is 52.3 Å². The molecule has 0 saturated heterocycles. The van der Waals surface area contributed by atoms with Crippen molar-refractivity contribution in [3.8, 4) is 5.75 Å². The number of hydrogen-bond donors (Lipinski definition) is 1. The molecular formula is C14H13NO2S. The molecular weight excluding hydrogens is 246 g/mol. The van der Waals surface area contributed by atoms with Crippen LogP contribution < -0.4 is 10.5 Å². The Morgan fingerprint density at radius 1 is 1.28 bits per heavy atom. The van der Waals surface area contributed by atoms with E-state index in [1.807, 2.05) is 41.8 Å². The van der Waals surface area contributed by atoms with Crippen LogP contribution in [-0.4, -0.2) is 5.91 Å². The van der Waals surface area contributed by atoms with Crippen LogP contribution >= 0.6 is 11.3 Å². The molecule has 1 aromatic carbocycles. The zero-order valence-corrected chi connectivity index (χ0v) is 10.5. The maximum absolute atomic E-state index is 10.6. The number of amides is 1. The van der Waals surface area contributed by atoms with Gasteiger partial charge < -0.3 is 10.5 Å². The Bertz CT molecular complexity index is 529. The third-order valence-corrected chi connectivity index (χ3v) is 3.13. The predicted octanol–water partition coefficient (Wildman–Crippen LogP) is 2.83. The summed E-state index contributed by atoms with van der Waals surface area (Å²) >= 11 is 1.67. The second kappa shape index (κ2) is 6.02. The summed E-state index contributed by atoms with van der Waals surface area (Å²) in [6.07, 6.45) is 3.01. The van der Waals surface area contributed by atoms with Gasteiger partial charge in [-0.1, -0.05) is 18.2 Å². The van der Waals surface area contributed by atoms with Crippen molar-refractivity contribution in [2.45, 2.75) is 6.61 Å². The first kappa shape index (κ1) is 12.4. The molecule has 2 aromatic rings. The van der Waals surface area contributed by atoms with Crippen molar-refractivity contribution in [3.05, 3.63) is 58.3 Å². The third kappa shape index (κ3) is 3.75. The number of carbonyl (C=O) groups is 1. The van der Waals surface area contributed by atoms with Gasteiger partial charge in [-0.3, -0.25) is 4.79 Å². The molecule has 0 unspecified atom stereocenters. The zero-order chi connectivity index (χ0) is 12.8. The van der Waals surface area contributed by atoms with Crippen molar-refractivity contribution in [1.82, 2.24) is 0 Å². The Balaban J connectivity index is 1.93. The molecule has 1 amide bonds. The Morgan fingerprint density at radius 3 is 2.67 bits per heavy atom. The van der Waals surface area contributed by atoms with Crippen LogP contribution in [-0.2, 0) is 11.4 Å². The molecule has 0 saturated carbocycles. The minimum Gasteiger partial charge on any atom is -0.488 e. The van der Waals surface area contributed by atoms with Gasteiger partial charge in [0.1, 0.15) is 12.4 Å². The van der Waals surface area contributed by atoms with Crippen molar-refractivity contribution in [2.24, 2.45) is 5.73 Å². The number of primary amides is 1. The molecule has 0 aliphatic carbocycles. The summed E-state index contributed by atoms with van der Waals surface area (Å²) in [5.74, 6) is 0.354. The van der Waals surface area contributed by atoms with Gasteiger partial charge in [-0.25, -0.2) is 0 Å². The number of rotatable bonds is 5. The van der Waals surface area contributed by atoms with E-state index in [4.69, 9.17) is 10.5 Å². The summed E-state index contributed by atoms with van der Waals surface area (Å²) < 4.78 is 5.63. The molecule has 1 heterocycles. The predicted molar refractivity (Wildman–Crippen MR) is 73.3 cm³/mol. The van der Waals surface area contributed by atoms with Crippen LogP contribution in [0.4, 0.5) is 0 Å². The molecule has 18 heavy (non-hydrogen) atoms. The molecule has 0 fully saturated rings. The lowest BCUT2D eigenvalue weighted by atomic mass is 10.2. The van der Waals surface area contributed by atoms with Crippen molar-refractivity contribution < 1.29 is 9.53 Å². The van der Waals surface area contributed by atoms with E-state index in [9.17, 15) is 4.79 Å². The quantitative estimate of drug-likeness (QED) is 0.839. The van der Waals surface area contributed by atoms with Gasteiger partial charge in [0.15, 0.2) is 0 Å². The van der Waals surface area contributed by atoms with Crippen molar-refractivity contribution in [1.29, 1.82) is 0 Å². The van der Waals surface area contributed by atoms with E-state index >= 15 is 0 Å². The summed E-state index contributed by atoms with van der Waals surface area (Å²) in [5, 5.41) is 2.02. The first-order valence-electron chi connectivity index (χ1n) is 5.47. The fourth-order valence-corrected chi connectivity index (χ4v) is 2.02. The van der Waals surface area contributed by atoms with Crippen molar-refractivity contribution >= 4 is 23.3 Å². The van der Waals surface area contributed by atoms with E-state index in [-0.39, 0.29) is 0 Å². The fourth-order valence-electron chi connectivity index (χ4n) is 1.40. The van der Waals surface area contributed by atoms with Gasteiger partial charge in [-0.2, -0.15) is 0 Å². The molecule has 0 bridgehead atoms. The van der Waals surface area contributed by atoms with Crippen LogP contribution in [0.5, 0.6) is 5.75 Å². The van der Waals surface area contributed by atoms with E-state index in [0.717, 1.165) is 11.3 Å². The minimum atomic E-state index is -0.451. The first-order chi connectivity index (χ1) is 8.74. The molecule has 0 aliphatic rings. The van der Waals surface area contributed by atoms with Crippen LogP contribution in [0.3, 0.4) is 0 Å². The van der Waals surface area contributed by atoms with Crippen molar-refractivity contribution in [2.75, 3.05) is 0 Å². The highest BCUT2D eigenvalue weighted by atomic mass is 32.1. The number of thiophene rings is 1.